The van der Waals surface area contributed by atoms with E-state index in [0.29, 0.717) is 5.92 Å². The van der Waals surface area contributed by atoms with Crippen molar-refractivity contribution in [1.82, 2.24) is 24.8 Å². The van der Waals surface area contributed by atoms with Crippen LogP contribution in [0.15, 0.2) is 24.5 Å². The molecule has 8 heteroatoms. The molecule has 1 radical (unpaired) electrons. The molecule has 3 aromatic rings. The van der Waals surface area contributed by atoms with Gasteiger partial charge in [-0.15, -0.1) is 0 Å². The topological polar surface area (TPSA) is 90.0 Å². The molecular formula is C22H26N7O. The molecule has 4 heterocycles. The molecule has 5 rings (SSSR count). The summed E-state index contributed by atoms with van der Waals surface area (Å²) in [6.45, 7) is 4.04. The number of carbonyl (C=O) groups excluding carboxylic acids is 1. The molecule has 1 saturated heterocycles. The Labute approximate surface area is 175 Å². The van der Waals surface area contributed by atoms with Gasteiger partial charge in [0.05, 0.1) is 11.4 Å². The summed E-state index contributed by atoms with van der Waals surface area (Å²) in [6, 6.07) is 5.85. The zero-order chi connectivity index (χ0) is 20.7. The van der Waals surface area contributed by atoms with Gasteiger partial charge in [0, 0.05) is 26.6 Å². The number of aryl methyl sites for hydroxylation is 2. The molecule has 8 nitrogen and oxygen atoms in total. The number of nitrogens with one attached hydrogen (secondary N) is 1. The van der Waals surface area contributed by atoms with Crippen LogP contribution in [0.5, 0.6) is 0 Å². The number of rotatable bonds is 5. The number of nitrogens with zero attached hydrogens (tertiary/aromatic N) is 6. The summed E-state index contributed by atoms with van der Waals surface area (Å²) in [7, 11) is 2.04. The number of anilines is 2. The zero-order valence-corrected chi connectivity index (χ0v) is 17.4. The fraction of sp³-hybridized carbons (Fsp3) is 0.455. The summed E-state index contributed by atoms with van der Waals surface area (Å²) >= 11 is 0. The fourth-order valence-electron chi connectivity index (χ4n) is 4.50. The predicted molar refractivity (Wildman–Crippen MR) is 116 cm³/mol. The van der Waals surface area contributed by atoms with Crippen LogP contribution in [0.4, 0.5) is 22.0 Å². The van der Waals surface area contributed by atoms with E-state index >= 15 is 0 Å². The Balaban J connectivity index is 1.34. The third-order valence-corrected chi connectivity index (χ3v) is 6.23. The Kier molecular flexibility index (Phi) is 4.77. The largest absolute Gasteiger partial charge is 0.355 e. The van der Waals surface area contributed by atoms with Gasteiger partial charge in [-0.1, -0.05) is 19.4 Å². The average molecular weight is 404 g/mol. The number of imidazole rings is 1. The minimum absolute atomic E-state index is 0.279. The lowest BCUT2D eigenvalue weighted by molar-refractivity contribution is 0.256. The van der Waals surface area contributed by atoms with E-state index < -0.39 is 0 Å². The molecule has 0 unspecified atom stereocenters. The molecule has 0 atom stereocenters. The quantitative estimate of drug-likeness (QED) is 0.697. The molecule has 30 heavy (non-hydrogen) atoms. The molecule has 2 aromatic heterocycles. The monoisotopic (exact) mass is 404 g/mol. The van der Waals surface area contributed by atoms with Gasteiger partial charge in [0.2, 0.25) is 0 Å². The number of carbonyl (C=O) groups is 1. The Hall–Kier alpha value is -3.16. The maximum absolute atomic E-state index is 11.5. The Morgan fingerprint density at radius 2 is 2.03 bits per heavy atom. The summed E-state index contributed by atoms with van der Waals surface area (Å²) in [5, 5.41) is 6.80. The molecule has 0 aliphatic carbocycles. The van der Waals surface area contributed by atoms with Crippen LogP contribution in [-0.4, -0.2) is 38.6 Å². The van der Waals surface area contributed by atoms with E-state index in [9.17, 15) is 4.79 Å². The molecule has 1 fully saturated rings. The van der Waals surface area contributed by atoms with E-state index in [-0.39, 0.29) is 6.03 Å². The van der Waals surface area contributed by atoms with Gasteiger partial charge in [0.25, 0.3) is 0 Å². The highest BCUT2D eigenvalue weighted by Gasteiger charge is 2.26. The molecule has 2 amide bonds. The maximum atomic E-state index is 11.5. The van der Waals surface area contributed by atoms with Gasteiger partial charge in [-0.25, -0.2) is 19.7 Å². The summed E-state index contributed by atoms with van der Waals surface area (Å²) in [6.07, 6.45) is 6.95. The number of aromatic nitrogens is 4. The third-order valence-electron chi connectivity index (χ3n) is 6.23. The number of hydrogen-bond acceptors (Lipinski definition) is 5. The summed E-state index contributed by atoms with van der Waals surface area (Å²) in [5.41, 5.74) is 4.63. The first-order valence-corrected chi connectivity index (χ1v) is 10.7. The summed E-state index contributed by atoms with van der Waals surface area (Å²) in [5.74, 6) is 2.47. The van der Waals surface area contributed by atoms with Gasteiger partial charge in [-0.05, 0) is 42.9 Å². The number of urea groups is 1. The van der Waals surface area contributed by atoms with Crippen LogP contribution in [0.3, 0.4) is 0 Å². The van der Waals surface area contributed by atoms with Crippen molar-refractivity contribution in [3.63, 3.8) is 0 Å². The van der Waals surface area contributed by atoms with Crippen molar-refractivity contribution < 1.29 is 4.79 Å². The first-order valence-electron chi connectivity index (χ1n) is 10.7. The Morgan fingerprint density at radius 3 is 2.83 bits per heavy atom. The number of piperidine rings is 1. The van der Waals surface area contributed by atoms with Crippen LogP contribution in [0.25, 0.3) is 11.2 Å². The molecular weight excluding hydrogens is 378 g/mol. The number of unbranched alkanes of at least 4 members (excludes halogenated alkanes) is 1. The minimum Gasteiger partial charge on any atom is -0.355 e. The second-order valence-electron chi connectivity index (χ2n) is 8.14. The first-order chi connectivity index (χ1) is 14.6. The van der Waals surface area contributed by atoms with Crippen molar-refractivity contribution >= 4 is 34.4 Å². The van der Waals surface area contributed by atoms with Crippen LogP contribution >= 0.6 is 0 Å². The van der Waals surface area contributed by atoms with Crippen molar-refractivity contribution in [2.24, 2.45) is 7.05 Å². The van der Waals surface area contributed by atoms with Crippen LogP contribution in [0, 0.1) is 0 Å². The van der Waals surface area contributed by atoms with Crippen LogP contribution in [-0.2, 0) is 13.5 Å². The molecule has 2 aliphatic heterocycles. The van der Waals surface area contributed by atoms with Crippen molar-refractivity contribution in [3.8, 4) is 0 Å². The lowest BCUT2D eigenvalue weighted by Gasteiger charge is -2.33. The van der Waals surface area contributed by atoms with Gasteiger partial charge < -0.3 is 14.8 Å². The predicted octanol–water partition coefficient (Wildman–Crippen LogP) is 3.87. The van der Waals surface area contributed by atoms with E-state index in [1.54, 1.807) is 6.33 Å². The standard InChI is InChI=1S/C22H26N7O/c1-3-4-5-18-27-19-20(28(18)2)23-13-24-21(19)29-10-8-14(9-11-29)15-6-7-16-17(12-15)26-22(30)25-16/h6-7,12-14H,3-5,8-11H2,1-2H3,(H,25,30). The van der Waals surface area contributed by atoms with Gasteiger partial charge in [0.15, 0.2) is 17.0 Å². The van der Waals surface area contributed by atoms with E-state index in [0.717, 1.165) is 79.4 Å². The summed E-state index contributed by atoms with van der Waals surface area (Å²) in [4.78, 5) is 27.8. The van der Waals surface area contributed by atoms with Gasteiger partial charge in [-0.2, -0.15) is 5.32 Å². The molecule has 1 aromatic carbocycles. The highest BCUT2D eigenvalue weighted by molar-refractivity contribution is 6.02. The van der Waals surface area contributed by atoms with Crippen molar-refractivity contribution in [3.05, 3.63) is 35.9 Å². The lowest BCUT2D eigenvalue weighted by atomic mass is 9.89. The Morgan fingerprint density at radius 1 is 1.20 bits per heavy atom. The zero-order valence-electron chi connectivity index (χ0n) is 17.4. The highest BCUT2D eigenvalue weighted by Crippen LogP contribution is 2.36. The molecule has 0 bridgehead atoms. The lowest BCUT2D eigenvalue weighted by Crippen LogP contribution is -2.33. The normalized spacial score (nSPS) is 16.6. The SMILES string of the molecule is CCCCc1nc2c(N3CCC(c4ccc5c(c4)[N]C(=O)N5)CC3)ncnc2n1C. The van der Waals surface area contributed by atoms with E-state index in [4.69, 9.17) is 4.98 Å². The number of hydrogen-bond donors (Lipinski definition) is 1. The second-order valence-corrected chi connectivity index (χ2v) is 8.14. The van der Waals surface area contributed by atoms with Crippen LogP contribution in [0.1, 0.15) is 49.9 Å². The fourth-order valence-corrected chi connectivity index (χ4v) is 4.50. The molecule has 1 N–H and O–H groups in total. The van der Waals surface area contributed by atoms with Gasteiger partial charge in [-0.3, -0.25) is 0 Å². The van der Waals surface area contributed by atoms with Crippen molar-refractivity contribution in [1.29, 1.82) is 0 Å². The van der Waals surface area contributed by atoms with E-state index in [1.165, 1.54) is 5.56 Å². The van der Waals surface area contributed by atoms with Gasteiger partial charge >= 0.3 is 6.03 Å². The Bertz CT molecular complexity index is 1100. The number of fused-ring (bicyclic) bond motifs is 2. The molecule has 0 saturated carbocycles. The average Bonchev–Trinajstić information content (AvgIpc) is 3.30. The third kappa shape index (κ3) is 3.26. The maximum Gasteiger partial charge on any atom is 0.346 e. The number of benzene rings is 1. The van der Waals surface area contributed by atoms with Gasteiger partial charge in [0.1, 0.15) is 12.2 Å². The van der Waals surface area contributed by atoms with Crippen molar-refractivity contribution in [2.45, 2.75) is 44.9 Å². The smallest absolute Gasteiger partial charge is 0.346 e. The summed E-state index contributed by atoms with van der Waals surface area (Å²) < 4.78 is 2.10. The molecule has 2 aliphatic rings. The highest BCUT2D eigenvalue weighted by atomic mass is 16.2. The first kappa shape index (κ1) is 18.8. The van der Waals surface area contributed by atoms with E-state index in [2.05, 4.69) is 49.1 Å². The second kappa shape index (κ2) is 7.59. The molecule has 155 valence electrons. The van der Waals surface area contributed by atoms with Crippen LogP contribution in [0.2, 0.25) is 0 Å². The van der Waals surface area contributed by atoms with Crippen molar-refractivity contribution in [2.75, 3.05) is 23.3 Å². The van der Waals surface area contributed by atoms with Crippen LogP contribution < -0.4 is 15.5 Å². The number of amides is 2. The minimum atomic E-state index is -0.279. The van der Waals surface area contributed by atoms with E-state index in [1.807, 2.05) is 13.1 Å². The molecule has 0 spiro atoms.